The number of nitro benzene ring substituents is 1. The maximum Gasteiger partial charge on any atom is 0.410 e. The zero-order valence-corrected chi connectivity index (χ0v) is 9.68. The van der Waals surface area contributed by atoms with Crippen LogP contribution in [-0.4, -0.2) is 21.1 Å². The molecule has 0 saturated carbocycles. The van der Waals surface area contributed by atoms with E-state index >= 15 is 0 Å². The molecule has 0 fully saturated rings. The van der Waals surface area contributed by atoms with Crippen molar-refractivity contribution in [2.45, 2.75) is 0 Å². The third-order valence-corrected chi connectivity index (χ3v) is 2.83. The van der Waals surface area contributed by atoms with Gasteiger partial charge in [0.25, 0.3) is 5.69 Å². The third kappa shape index (κ3) is 2.61. The third-order valence-electron chi connectivity index (χ3n) is 2.07. The lowest BCUT2D eigenvalue weighted by molar-refractivity contribution is -0.384. The first-order valence-corrected chi connectivity index (χ1v) is 5.64. The summed E-state index contributed by atoms with van der Waals surface area (Å²) < 4.78 is 0. The highest BCUT2D eigenvalue weighted by Gasteiger charge is 2.10. The first-order chi connectivity index (χ1) is 8.56. The summed E-state index contributed by atoms with van der Waals surface area (Å²) in [5.41, 5.74) is 1.03. The molecule has 0 atom stereocenters. The van der Waals surface area contributed by atoms with Gasteiger partial charge >= 0.3 is 6.09 Å². The lowest BCUT2D eigenvalue weighted by Gasteiger charge is -1.96. The average molecular weight is 265 g/mol. The van der Waals surface area contributed by atoms with Crippen molar-refractivity contribution in [2.24, 2.45) is 0 Å². The van der Waals surface area contributed by atoms with E-state index in [1.807, 2.05) is 0 Å². The summed E-state index contributed by atoms with van der Waals surface area (Å²) >= 11 is 1.11. The van der Waals surface area contributed by atoms with E-state index in [4.69, 9.17) is 5.11 Å². The molecule has 7 nitrogen and oxygen atoms in total. The first kappa shape index (κ1) is 12.0. The Balaban J connectivity index is 2.31. The molecule has 0 aliphatic carbocycles. The molecule has 0 radical (unpaired) electrons. The van der Waals surface area contributed by atoms with Gasteiger partial charge in [-0.05, 0) is 0 Å². The molecule has 92 valence electrons. The minimum atomic E-state index is -1.20. The Kier molecular flexibility index (Phi) is 3.20. The van der Waals surface area contributed by atoms with Gasteiger partial charge in [0, 0.05) is 23.1 Å². The van der Waals surface area contributed by atoms with Crippen molar-refractivity contribution in [1.29, 1.82) is 0 Å². The van der Waals surface area contributed by atoms with Gasteiger partial charge in [-0.15, -0.1) is 11.3 Å². The van der Waals surface area contributed by atoms with Crippen LogP contribution in [-0.2, 0) is 0 Å². The number of nitrogens with one attached hydrogen (secondary N) is 1. The second kappa shape index (κ2) is 4.80. The van der Waals surface area contributed by atoms with E-state index in [-0.39, 0.29) is 10.8 Å². The molecule has 1 aromatic heterocycles. The van der Waals surface area contributed by atoms with Crippen molar-refractivity contribution in [1.82, 2.24) is 4.98 Å². The number of non-ortho nitro benzene ring substituents is 1. The lowest BCUT2D eigenvalue weighted by Crippen LogP contribution is -2.06. The molecule has 0 saturated heterocycles. The Morgan fingerprint density at radius 3 is 2.94 bits per heavy atom. The van der Waals surface area contributed by atoms with Crippen LogP contribution in [0.2, 0.25) is 0 Å². The number of thiazole rings is 1. The summed E-state index contributed by atoms with van der Waals surface area (Å²) in [5.74, 6) is 0. The van der Waals surface area contributed by atoms with Crippen molar-refractivity contribution in [3.63, 3.8) is 0 Å². The number of nitro groups is 1. The minimum Gasteiger partial charge on any atom is -0.465 e. The van der Waals surface area contributed by atoms with E-state index in [0.29, 0.717) is 11.3 Å². The molecule has 0 bridgehead atoms. The van der Waals surface area contributed by atoms with Gasteiger partial charge in [-0.1, -0.05) is 12.1 Å². The van der Waals surface area contributed by atoms with Crippen molar-refractivity contribution in [3.8, 4) is 11.3 Å². The molecule has 2 aromatic rings. The number of nitrogens with zero attached hydrogens (tertiary/aromatic N) is 2. The van der Waals surface area contributed by atoms with Crippen molar-refractivity contribution >= 4 is 28.2 Å². The van der Waals surface area contributed by atoms with Crippen LogP contribution in [0, 0.1) is 10.1 Å². The van der Waals surface area contributed by atoms with Crippen LogP contribution in [0.15, 0.2) is 29.6 Å². The van der Waals surface area contributed by atoms with Crippen LogP contribution in [0.4, 0.5) is 15.6 Å². The second-order valence-electron chi connectivity index (χ2n) is 3.28. The molecule has 0 spiro atoms. The van der Waals surface area contributed by atoms with Crippen LogP contribution in [0.5, 0.6) is 0 Å². The van der Waals surface area contributed by atoms with Crippen LogP contribution in [0.25, 0.3) is 11.3 Å². The van der Waals surface area contributed by atoms with Crippen molar-refractivity contribution in [3.05, 3.63) is 39.8 Å². The van der Waals surface area contributed by atoms with Gasteiger partial charge in [-0.2, -0.15) is 0 Å². The van der Waals surface area contributed by atoms with Gasteiger partial charge in [-0.3, -0.25) is 15.4 Å². The lowest BCUT2D eigenvalue weighted by atomic mass is 10.1. The standard InChI is InChI=1S/C10H7N3O4S/c14-10(15)12-9-11-8(5-18-9)6-2-1-3-7(4-6)13(16)17/h1-5H,(H,11,12)(H,14,15). The molecule has 1 aromatic carbocycles. The number of aromatic nitrogens is 1. The number of carbonyl (C=O) groups is 1. The van der Waals surface area contributed by atoms with Crippen molar-refractivity contribution in [2.75, 3.05) is 5.32 Å². The van der Waals surface area contributed by atoms with Crippen LogP contribution in [0.1, 0.15) is 0 Å². The summed E-state index contributed by atoms with van der Waals surface area (Å²) in [6.45, 7) is 0. The molecule has 2 rings (SSSR count). The quantitative estimate of drug-likeness (QED) is 0.655. The van der Waals surface area contributed by atoms with Gasteiger partial charge in [0.2, 0.25) is 0 Å². The zero-order valence-electron chi connectivity index (χ0n) is 8.86. The van der Waals surface area contributed by atoms with Gasteiger partial charge in [0.15, 0.2) is 5.13 Å². The molecular weight excluding hydrogens is 258 g/mol. The molecule has 0 aliphatic heterocycles. The fraction of sp³-hybridized carbons (Fsp3) is 0. The Bertz CT molecular complexity index is 611. The van der Waals surface area contributed by atoms with Crippen LogP contribution >= 0.6 is 11.3 Å². The van der Waals surface area contributed by atoms with E-state index in [2.05, 4.69) is 10.3 Å². The topological polar surface area (TPSA) is 105 Å². The fourth-order valence-corrected chi connectivity index (χ4v) is 2.04. The number of benzene rings is 1. The highest BCUT2D eigenvalue weighted by molar-refractivity contribution is 7.14. The number of hydrogen-bond acceptors (Lipinski definition) is 5. The van der Waals surface area contributed by atoms with E-state index in [1.54, 1.807) is 17.5 Å². The molecule has 0 aliphatic rings. The summed E-state index contributed by atoms with van der Waals surface area (Å²) in [4.78, 5) is 24.6. The number of carboxylic acid groups (broad SMARTS) is 1. The summed E-state index contributed by atoms with van der Waals surface area (Å²) in [6, 6.07) is 6.00. The van der Waals surface area contributed by atoms with Crippen LogP contribution in [0.3, 0.4) is 0 Å². The maximum absolute atomic E-state index is 10.6. The zero-order chi connectivity index (χ0) is 13.1. The summed E-state index contributed by atoms with van der Waals surface area (Å²) in [6.07, 6.45) is -1.20. The van der Waals surface area contributed by atoms with E-state index < -0.39 is 11.0 Å². The predicted molar refractivity (Wildman–Crippen MR) is 65.9 cm³/mol. The molecule has 1 amide bonds. The minimum absolute atomic E-state index is 0.0340. The normalized spacial score (nSPS) is 10.0. The average Bonchev–Trinajstić information content (AvgIpc) is 2.77. The molecular formula is C10H7N3O4S. The van der Waals surface area contributed by atoms with Crippen LogP contribution < -0.4 is 5.32 Å². The van der Waals surface area contributed by atoms with E-state index in [9.17, 15) is 14.9 Å². The number of rotatable bonds is 3. The van der Waals surface area contributed by atoms with E-state index in [0.717, 1.165) is 11.3 Å². The highest BCUT2D eigenvalue weighted by atomic mass is 32.1. The Morgan fingerprint density at radius 1 is 1.50 bits per heavy atom. The van der Waals surface area contributed by atoms with Gasteiger partial charge in [0.1, 0.15) is 0 Å². The Morgan fingerprint density at radius 2 is 2.28 bits per heavy atom. The van der Waals surface area contributed by atoms with Gasteiger partial charge in [-0.25, -0.2) is 9.78 Å². The van der Waals surface area contributed by atoms with Gasteiger partial charge < -0.3 is 5.11 Å². The first-order valence-electron chi connectivity index (χ1n) is 4.76. The van der Waals surface area contributed by atoms with Gasteiger partial charge in [0.05, 0.1) is 10.6 Å². The second-order valence-corrected chi connectivity index (χ2v) is 4.13. The largest absolute Gasteiger partial charge is 0.465 e. The smallest absolute Gasteiger partial charge is 0.410 e. The molecule has 1 heterocycles. The Labute approximate surface area is 105 Å². The molecule has 8 heteroatoms. The fourth-order valence-electron chi connectivity index (χ4n) is 1.33. The monoisotopic (exact) mass is 265 g/mol. The highest BCUT2D eigenvalue weighted by Crippen LogP contribution is 2.27. The maximum atomic E-state index is 10.6. The van der Waals surface area contributed by atoms with Crippen molar-refractivity contribution < 1.29 is 14.8 Å². The SMILES string of the molecule is O=C(O)Nc1nc(-c2cccc([N+](=O)[O-])c2)cs1. The molecule has 0 unspecified atom stereocenters. The summed E-state index contributed by atoms with van der Waals surface area (Å²) in [5, 5.41) is 23.1. The Hall–Kier alpha value is -2.48. The predicted octanol–water partition coefficient (Wildman–Crippen LogP) is 2.81. The summed E-state index contributed by atoms with van der Waals surface area (Å²) in [7, 11) is 0. The van der Waals surface area contributed by atoms with E-state index in [1.165, 1.54) is 12.1 Å². The molecule has 2 N–H and O–H groups in total. The number of hydrogen-bond donors (Lipinski definition) is 2. The number of anilines is 1. The number of amides is 1. The molecule has 18 heavy (non-hydrogen) atoms.